The average molecular weight is 313 g/mol. The van der Waals surface area contributed by atoms with Crippen LogP contribution in [-0.4, -0.2) is 51.5 Å². The predicted molar refractivity (Wildman–Crippen MR) is 53.9 cm³/mol. The molecule has 0 aromatic carbocycles. The zero-order valence-corrected chi connectivity index (χ0v) is 10.6. The average Bonchev–Trinajstić information content (AvgIpc) is 2.08. The van der Waals surface area contributed by atoms with Gasteiger partial charge in [-0.25, -0.2) is 16.8 Å². The second-order valence-corrected chi connectivity index (χ2v) is 7.34. The van der Waals surface area contributed by atoms with E-state index in [0.717, 1.165) is 11.0 Å². The molecule has 0 rings (SSSR count). The third kappa shape index (κ3) is 5.64. The first kappa shape index (κ1) is 17.1. The molecule has 12 heteroatoms. The molecule has 18 heavy (non-hydrogen) atoms. The minimum Gasteiger partial charge on any atom is -0.480 e. The number of rotatable bonds is 6. The zero-order chi connectivity index (χ0) is 14.8. The number of sulfonamides is 1. The number of carboxylic acid groups (broad SMARTS) is 1. The van der Waals surface area contributed by atoms with Crippen molar-refractivity contribution in [3.63, 3.8) is 0 Å². The summed E-state index contributed by atoms with van der Waals surface area (Å²) in [5.74, 6) is -2.66. The van der Waals surface area contributed by atoms with Crippen LogP contribution in [0.25, 0.3) is 0 Å². The quantitative estimate of drug-likeness (QED) is 0.670. The maximum atomic E-state index is 12.0. The Morgan fingerprint density at radius 3 is 2.00 bits per heavy atom. The van der Waals surface area contributed by atoms with Gasteiger partial charge in [-0.2, -0.15) is 17.9 Å². The van der Waals surface area contributed by atoms with E-state index in [0.29, 0.717) is 0 Å². The zero-order valence-electron chi connectivity index (χ0n) is 8.93. The highest BCUT2D eigenvalue weighted by atomic mass is 32.2. The Morgan fingerprint density at radius 1 is 1.28 bits per heavy atom. The molecule has 0 saturated carbocycles. The Balaban J connectivity index is 4.93. The van der Waals surface area contributed by atoms with Crippen molar-refractivity contribution in [1.82, 2.24) is 4.72 Å². The summed E-state index contributed by atoms with van der Waals surface area (Å²) < 4.78 is 79.5. The SMILES string of the molecule is CS(=O)(=O)CCC(NS(=O)(=O)C(F)(F)F)C(=O)O. The fourth-order valence-corrected chi connectivity index (χ4v) is 2.21. The molecule has 108 valence electrons. The number of alkyl halides is 3. The molecule has 0 aliphatic heterocycles. The number of halogens is 3. The molecule has 0 aliphatic rings. The molecule has 0 saturated heterocycles. The lowest BCUT2D eigenvalue weighted by Crippen LogP contribution is -2.47. The highest BCUT2D eigenvalue weighted by molar-refractivity contribution is 7.90. The van der Waals surface area contributed by atoms with E-state index in [-0.39, 0.29) is 0 Å². The van der Waals surface area contributed by atoms with Crippen LogP contribution in [0, 0.1) is 0 Å². The monoisotopic (exact) mass is 313 g/mol. The second kappa shape index (κ2) is 5.40. The highest BCUT2D eigenvalue weighted by Crippen LogP contribution is 2.22. The van der Waals surface area contributed by atoms with Crippen molar-refractivity contribution in [3.05, 3.63) is 0 Å². The van der Waals surface area contributed by atoms with Crippen LogP contribution >= 0.6 is 0 Å². The number of hydrogen-bond donors (Lipinski definition) is 2. The van der Waals surface area contributed by atoms with Crippen LogP contribution in [0.15, 0.2) is 0 Å². The van der Waals surface area contributed by atoms with E-state index in [4.69, 9.17) is 5.11 Å². The molecule has 0 fully saturated rings. The molecule has 0 aliphatic carbocycles. The van der Waals surface area contributed by atoms with E-state index in [9.17, 15) is 34.8 Å². The minimum atomic E-state index is -5.84. The second-order valence-electron chi connectivity index (χ2n) is 3.38. The molecule has 0 spiro atoms. The van der Waals surface area contributed by atoms with Gasteiger partial charge in [-0.15, -0.1) is 0 Å². The summed E-state index contributed by atoms with van der Waals surface area (Å²) in [5, 5.41) is 8.51. The van der Waals surface area contributed by atoms with E-state index in [1.165, 1.54) is 0 Å². The molecule has 7 nitrogen and oxygen atoms in total. The highest BCUT2D eigenvalue weighted by Gasteiger charge is 2.47. The van der Waals surface area contributed by atoms with Gasteiger partial charge in [-0.05, 0) is 6.42 Å². The molecule has 0 amide bonds. The van der Waals surface area contributed by atoms with E-state index in [2.05, 4.69) is 0 Å². The van der Waals surface area contributed by atoms with Gasteiger partial charge in [-0.1, -0.05) is 0 Å². The number of hydrogen-bond acceptors (Lipinski definition) is 5. The summed E-state index contributed by atoms with van der Waals surface area (Å²) >= 11 is 0. The maximum Gasteiger partial charge on any atom is 0.511 e. The fourth-order valence-electron chi connectivity index (χ4n) is 0.819. The summed E-state index contributed by atoms with van der Waals surface area (Å²) in [6.07, 6.45) is -0.0619. The lowest BCUT2D eigenvalue weighted by molar-refractivity contribution is -0.139. The van der Waals surface area contributed by atoms with Gasteiger partial charge in [0.15, 0.2) is 0 Å². The van der Waals surface area contributed by atoms with Gasteiger partial charge < -0.3 is 5.11 Å². The summed E-state index contributed by atoms with van der Waals surface area (Å²) in [4.78, 5) is 10.5. The largest absolute Gasteiger partial charge is 0.511 e. The Morgan fingerprint density at radius 2 is 1.72 bits per heavy atom. The van der Waals surface area contributed by atoms with Crippen LogP contribution in [0.4, 0.5) is 13.2 Å². The van der Waals surface area contributed by atoms with Gasteiger partial charge >= 0.3 is 21.5 Å². The molecule has 0 aromatic rings. The van der Waals surface area contributed by atoms with Crippen LogP contribution in [0.1, 0.15) is 6.42 Å². The van der Waals surface area contributed by atoms with Crippen LogP contribution in [0.5, 0.6) is 0 Å². The molecular formula is C6H10F3NO6S2. The Kier molecular flexibility index (Phi) is 5.14. The van der Waals surface area contributed by atoms with Gasteiger partial charge in [0.2, 0.25) is 0 Å². The third-order valence-electron chi connectivity index (χ3n) is 1.68. The summed E-state index contributed by atoms with van der Waals surface area (Å²) in [7, 11) is -9.46. The van der Waals surface area contributed by atoms with Gasteiger partial charge in [0.05, 0.1) is 5.75 Å². The summed E-state index contributed by atoms with van der Waals surface area (Å²) in [5.41, 5.74) is -5.66. The number of sulfone groups is 1. The standard InChI is InChI=1S/C6H10F3NO6S2/c1-17(13,14)3-2-4(5(11)12)10-18(15,16)6(7,8)9/h4,10H,2-3H2,1H3,(H,11,12). The van der Waals surface area contributed by atoms with Crippen LogP contribution in [-0.2, 0) is 24.7 Å². The van der Waals surface area contributed by atoms with Gasteiger partial charge in [-0.3, -0.25) is 4.79 Å². The van der Waals surface area contributed by atoms with Crippen molar-refractivity contribution in [2.24, 2.45) is 0 Å². The summed E-state index contributed by atoms with van der Waals surface area (Å²) in [6.45, 7) is 0. The fraction of sp³-hybridized carbons (Fsp3) is 0.833. The first-order chi connectivity index (χ1) is 7.76. The Labute approximate surface area is 101 Å². The normalized spacial score (nSPS) is 15.3. The van der Waals surface area contributed by atoms with E-state index in [1.54, 1.807) is 0 Å². The molecule has 1 unspecified atom stereocenters. The first-order valence-electron chi connectivity index (χ1n) is 4.25. The van der Waals surface area contributed by atoms with Gasteiger partial charge in [0.25, 0.3) is 0 Å². The third-order valence-corrected chi connectivity index (χ3v) is 3.86. The molecule has 0 bridgehead atoms. The molecule has 2 N–H and O–H groups in total. The van der Waals surface area contributed by atoms with Crippen LogP contribution < -0.4 is 4.72 Å². The van der Waals surface area contributed by atoms with E-state index in [1.807, 2.05) is 0 Å². The van der Waals surface area contributed by atoms with Crippen LogP contribution in [0.2, 0.25) is 0 Å². The minimum absolute atomic E-state index is 0.740. The summed E-state index contributed by atoms with van der Waals surface area (Å²) in [6, 6.07) is -2.16. The maximum absolute atomic E-state index is 12.0. The molecule has 0 aromatic heterocycles. The van der Waals surface area contributed by atoms with E-state index >= 15 is 0 Å². The molecule has 0 radical (unpaired) electrons. The van der Waals surface area contributed by atoms with Gasteiger partial charge in [0.1, 0.15) is 15.9 Å². The molecule has 1 atom stereocenters. The van der Waals surface area contributed by atoms with Crippen molar-refractivity contribution < 1.29 is 39.9 Å². The van der Waals surface area contributed by atoms with Crippen molar-refractivity contribution in [2.45, 2.75) is 18.0 Å². The van der Waals surface area contributed by atoms with Crippen molar-refractivity contribution in [1.29, 1.82) is 0 Å². The van der Waals surface area contributed by atoms with Gasteiger partial charge in [0, 0.05) is 6.26 Å². The van der Waals surface area contributed by atoms with E-state index < -0.39 is 49.6 Å². The number of carboxylic acids is 1. The number of nitrogens with one attached hydrogen (secondary N) is 1. The predicted octanol–water partition coefficient (Wildman–Crippen LogP) is -0.687. The van der Waals surface area contributed by atoms with Crippen molar-refractivity contribution in [3.8, 4) is 0 Å². The lowest BCUT2D eigenvalue weighted by atomic mass is 10.2. The number of carbonyl (C=O) groups is 1. The molecule has 0 heterocycles. The molecular weight excluding hydrogens is 303 g/mol. The lowest BCUT2D eigenvalue weighted by Gasteiger charge is -2.15. The topological polar surface area (TPSA) is 118 Å². The van der Waals surface area contributed by atoms with Crippen molar-refractivity contribution in [2.75, 3.05) is 12.0 Å². The van der Waals surface area contributed by atoms with Crippen molar-refractivity contribution >= 4 is 25.8 Å². The first-order valence-corrected chi connectivity index (χ1v) is 7.80. The number of aliphatic carboxylic acids is 1. The Bertz CT molecular complexity index is 508. The van der Waals surface area contributed by atoms with Crippen LogP contribution in [0.3, 0.4) is 0 Å². The Hall–Kier alpha value is -0.880. The smallest absolute Gasteiger partial charge is 0.480 e.